The summed E-state index contributed by atoms with van der Waals surface area (Å²) >= 11 is 0. The predicted molar refractivity (Wildman–Crippen MR) is 210 cm³/mol. The smallest absolute Gasteiger partial charge is 0.227 e. The van der Waals surface area contributed by atoms with Gasteiger partial charge in [0, 0.05) is 30.4 Å². The first-order chi connectivity index (χ1) is 28.6. The number of aromatic amines is 2. The molecule has 2 N–H and O–H groups in total. The van der Waals surface area contributed by atoms with E-state index in [1.807, 2.05) is 48.5 Å². The highest BCUT2D eigenvalue weighted by Crippen LogP contribution is 2.41. The minimum atomic E-state index is -0.854. The van der Waals surface area contributed by atoms with Gasteiger partial charge in [0.15, 0.2) is 34.8 Å². The molecule has 1 saturated carbocycles. The fourth-order valence-corrected chi connectivity index (χ4v) is 8.34. The number of nitrogens with one attached hydrogen (secondary N) is 2. The monoisotopic (exact) mass is 807 g/mol. The fraction of sp³-hybridized carbons (Fsp3) is 0.289. The molecule has 3 heterocycles. The lowest BCUT2D eigenvalue weighted by atomic mass is 9.88. The third-order valence-corrected chi connectivity index (χ3v) is 11.2. The van der Waals surface area contributed by atoms with Crippen LogP contribution in [0.15, 0.2) is 85.2 Å². The zero-order valence-electron chi connectivity index (χ0n) is 32.4. The maximum atomic E-state index is 14.3. The highest BCUT2D eigenvalue weighted by Gasteiger charge is 2.36. The minimum Gasteiger partial charge on any atom is -0.491 e. The topological polar surface area (TPSA) is 122 Å². The molecule has 1 aliphatic heterocycles. The van der Waals surface area contributed by atoms with Crippen LogP contribution in [0.3, 0.4) is 0 Å². The van der Waals surface area contributed by atoms with E-state index in [2.05, 4.69) is 19.9 Å². The van der Waals surface area contributed by atoms with Crippen molar-refractivity contribution in [1.82, 2.24) is 24.8 Å². The molecule has 1 saturated heterocycles. The van der Waals surface area contributed by atoms with Crippen LogP contribution in [-0.2, 0) is 22.4 Å². The van der Waals surface area contributed by atoms with E-state index in [1.165, 1.54) is 14.2 Å². The molecule has 1 amide bonds. The van der Waals surface area contributed by atoms with Crippen LogP contribution in [0, 0.1) is 29.2 Å². The number of ketones is 1. The Hall–Kier alpha value is -6.44. The maximum absolute atomic E-state index is 14.3. The fourth-order valence-electron chi connectivity index (χ4n) is 8.34. The lowest BCUT2D eigenvalue weighted by Gasteiger charge is -2.23. The van der Waals surface area contributed by atoms with E-state index in [0.29, 0.717) is 42.5 Å². The molecule has 10 nitrogen and oxygen atoms in total. The molecular formula is C45H41F4N5O5. The van der Waals surface area contributed by atoms with Gasteiger partial charge in [-0.3, -0.25) is 9.59 Å². The van der Waals surface area contributed by atoms with Gasteiger partial charge in [-0.05, 0) is 103 Å². The first-order valence-corrected chi connectivity index (χ1v) is 19.4. The molecule has 0 spiro atoms. The molecule has 0 bridgehead atoms. The number of imidazole rings is 2. The second-order valence-electron chi connectivity index (χ2n) is 14.9. The Labute approximate surface area is 337 Å². The molecule has 14 heteroatoms. The molecule has 2 fully saturated rings. The molecule has 8 rings (SSSR count). The summed E-state index contributed by atoms with van der Waals surface area (Å²) in [7, 11) is 2.38. The largest absolute Gasteiger partial charge is 0.491 e. The Morgan fingerprint density at radius 2 is 1.31 bits per heavy atom. The van der Waals surface area contributed by atoms with Crippen LogP contribution in [0.1, 0.15) is 66.8 Å². The van der Waals surface area contributed by atoms with Crippen LogP contribution >= 0.6 is 0 Å². The maximum Gasteiger partial charge on any atom is 0.227 e. The molecule has 59 heavy (non-hydrogen) atoms. The molecule has 1 aliphatic carbocycles. The number of aromatic nitrogens is 4. The quantitative estimate of drug-likeness (QED) is 0.112. The van der Waals surface area contributed by atoms with Crippen molar-refractivity contribution in [3.8, 4) is 45.5 Å². The van der Waals surface area contributed by atoms with Crippen molar-refractivity contribution in [2.45, 2.75) is 56.9 Å². The number of nitrogens with zero attached hydrogens (tertiary/aromatic N) is 3. The van der Waals surface area contributed by atoms with Gasteiger partial charge in [-0.25, -0.2) is 27.5 Å². The zero-order chi connectivity index (χ0) is 41.2. The van der Waals surface area contributed by atoms with E-state index in [9.17, 15) is 27.2 Å². The highest BCUT2D eigenvalue weighted by atomic mass is 19.1. The molecule has 304 valence electrons. The number of rotatable bonds is 13. The van der Waals surface area contributed by atoms with Gasteiger partial charge in [0.25, 0.3) is 0 Å². The van der Waals surface area contributed by atoms with E-state index < -0.39 is 34.8 Å². The number of ether oxygens (including phenoxy) is 3. The molecule has 3 atom stereocenters. The Bertz CT molecular complexity index is 2460. The van der Waals surface area contributed by atoms with Gasteiger partial charge in [-0.1, -0.05) is 18.6 Å². The van der Waals surface area contributed by atoms with Crippen molar-refractivity contribution in [3.63, 3.8) is 0 Å². The number of methoxy groups -OCH3 is 2. The molecule has 2 aliphatic rings. The van der Waals surface area contributed by atoms with Crippen molar-refractivity contribution in [2.75, 3.05) is 20.8 Å². The summed E-state index contributed by atoms with van der Waals surface area (Å²) < 4.78 is 72.9. The highest BCUT2D eigenvalue weighted by molar-refractivity contribution is 5.84. The molecule has 1 unspecified atom stereocenters. The number of halogens is 4. The normalized spacial score (nSPS) is 17.7. The number of Topliss-reactive ketones (excluding diaryl/α,β-unsaturated/α-hetero) is 1. The van der Waals surface area contributed by atoms with Crippen LogP contribution in [0.2, 0.25) is 0 Å². The molecule has 0 radical (unpaired) electrons. The number of benzene rings is 4. The summed E-state index contributed by atoms with van der Waals surface area (Å²) in [5.41, 5.74) is 3.73. The van der Waals surface area contributed by atoms with Gasteiger partial charge in [0.2, 0.25) is 5.91 Å². The Morgan fingerprint density at radius 1 is 0.695 bits per heavy atom. The number of hydrogen-bond donors (Lipinski definition) is 2. The minimum absolute atomic E-state index is 0.0837. The number of H-pyrrole nitrogens is 2. The zero-order valence-corrected chi connectivity index (χ0v) is 32.4. The number of hydrogen-bond acceptors (Lipinski definition) is 7. The van der Waals surface area contributed by atoms with Crippen molar-refractivity contribution < 1.29 is 41.4 Å². The van der Waals surface area contributed by atoms with Crippen molar-refractivity contribution in [3.05, 3.63) is 131 Å². The van der Waals surface area contributed by atoms with Gasteiger partial charge in [-0.15, -0.1) is 0 Å². The number of amides is 1. The summed E-state index contributed by atoms with van der Waals surface area (Å²) in [6.45, 7) is 0.512. The van der Waals surface area contributed by atoms with Crippen molar-refractivity contribution >= 4 is 11.7 Å². The summed E-state index contributed by atoms with van der Waals surface area (Å²) in [6.07, 6.45) is 6.97. The number of carbonyl (C=O) groups is 2. The van der Waals surface area contributed by atoms with Crippen LogP contribution < -0.4 is 14.2 Å². The van der Waals surface area contributed by atoms with Crippen LogP contribution in [0.5, 0.6) is 23.0 Å². The van der Waals surface area contributed by atoms with E-state index in [1.54, 1.807) is 17.3 Å². The molecular weight excluding hydrogens is 767 g/mol. The number of likely N-dealkylation sites (tertiary alicyclic amines) is 1. The Balaban J connectivity index is 0.894. The standard InChI is InChI=1S/C45H41F4N5O5/c1-57-42-33(46)16-25(17-34(42)47)20-40(55)31-8-4-9-32(31)44-50-24-38(52-44)28-6-3-7-30(22-28)59-29-13-11-27(12-14-29)37-23-51-45(53-37)39-10-5-15-54(39)41(56)21-26-18-35(48)43(58-2)36(49)19-26/h3,6-7,11-14,16-19,22-24,31-32,39H,4-5,8-10,15,20-21H2,1-2H3,(H,50,52)(H,51,53)/t31?,32-,39+/m1/s1. The van der Waals surface area contributed by atoms with E-state index >= 15 is 0 Å². The van der Waals surface area contributed by atoms with Gasteiger partial charge in [-0.2, -0.15) is 0 Å². The second kappa shape index (κ2) is 16.8. The summed E-state index contributed by atoms with van der Waals surface area (Å²) in [6, 6.07) is 19.3. The van der Waals surface area contributed by atoms with E-state index in [-0.39, 0.29) is 53.5 Å². The van der Waals surface area contributed by atoms with Crippen LogP contribution in [0.4, 0.5) is 17.6 Å². The van der Waals surface area contributed by atoms with Crippen LogP contribution in [0.25, 0.3) is 22.5 Å². The van der Waals surface area contributed by atoms with Gasteiger partial charge in [0.05, 0.1) is 50.5 Å². The van der Waals surface area contributed by atoms with Crippen molar-refractivity contribution in [2.24, 2.45) is 5.92 Å². The molecule has 4 aromatic carbocycles. The average molecular weight is 808 g/mol. The molecule has 2 aromatic heterocycles. The second-order valence-corrected chi connectivity index (χ2v) is 14.9. The van der Waals surface area contributed by atoms with Crippen LogP contribution in [-0.4, -0.2) is 57.3 Å². The predicted octanol–water partition coefficient (Wildman–Crippen LogP) is 9.43. The third kappa shape index (κ3) is 8.30. The summed E-state index contributed by atoms with van der Waals surface area (Å²) in [5.74, 6) is -2.59. The van der Waals surface area contributed by atoms with Gasteiger partial charge >= 0.3 is 0 Å². The van der Waals surface area contributed by atoms with Crippen molar-refractivity contribution in [1.29, 1.82) is 0 Å². The summed E-state index contributed by atoms with van der Waals surface area (Å²) in [4.78, 5) is 44.3. The average Bonchev–Trinajstić information content (AvgIpc) is 4.05. The first-order valence-electron chi connectivity index (χ1n) is 19.4. The first kappa shape index (κ1) is 39.4. The Kier molecular flexibility index (Phi) is 11.2. The van der Waals surface area contributed by atoms with Gasteiger partial charge in [0.1, 0.15) is 28.9 Å². The van der Waals surface area contributed by atoms with Gasteiger partial charge < -0.3 is 29.1 Å². The lowest BCUT2D eigenvalue weighted by Crippen LogP contribution is -2.32. The molecule has 6 aromatic rings. The summed E-state index contributed by atoms with van der Waals surface area (Å²) in [5, 5.41) is 0. The van der Waals surface area contributed by atoms with E-state index in [0.717, 1.165) is 66.0 Å². The van der Waals surface area contributed by atoms with E-state index in [4.69, 9.17) is 14.2 Å². The Morgan fingerprint density at radius 3 is 1.97 bits per heavy atom. The lowest BCUT2D eigenvalue weighted by molar-refractivity contribution is -0.131. The SMILES string of the molecule is COc1c(F)cc(CC(=O)C2CCC[C@H]2c2ncc(-c3cccc(Oc4ccc(-c5cnc([C@@H]6CCCN6C(=O)Cc6cc(F)c(OC)c(F)c6)[nH]5)cc4)c3)[nH]2)cc1F. The third-order valence-electron chi connectivity index (χ3n) is 11.2. The number of carbonyl (C=O) groups excluding carboxylic acids is 2.